The van der Waals surface area contributed by atoms with Crippen LogP contribution in [0.4, 0.5) is 5.69 Å². The zero-order valence-corrected chi connectivity index (χ0v) is 18.6. The van der Waals surface area contributed by atoms with Gasteiger partial charge in [0.1, 0.15) is 0 Å². The molecule has 0 bridgehead atoms. The van der Waals surface area contributed by atoms with Gasteiger partial charge < -0.3 is 10.6 Å². The van der Waals surface area contributed by atoms with Crippen molar-refractivity contribution in [3.8, 4) is 0 Å². The van der Waals surface area contributed by atoms with Crippen molar-refractivity contribution in [1.29, 1.82) is 0 Å². The summed E-state index contributed by atoms with van der Waals surface area (Å²) in [6.07, 6.45) is 0. The van der Waals surface area contributed by atoms with Crippen LogP contribution in [-0.4, -0.2) is 44.2 Å². The summed E-state index contributed by atoms with van der Waals surface area (Å²) >= 11 is 0. The molecule has 0 aliphatic carbocycles. The summed E-state index contributed by atoms with van der Waals surface area (Å²) in [6, 6.07) is 12.5. The third-order valence-corrected chi connectivity index (χ3v) is 6.61. The van der Waals surface area contributed by atoms with Gasteiger partial charge in [-0.2, -0.15) is 4.31 Å². The van der Waals surface area contributed by atoms with Crippen molar-refractivity contribution in [2.75, 3.05) is 25.0 Å². The molecule has 2 amide bonds. The molecule has 0 atom stereocenters. The number of para-hydroxylation sites is 1. The normalized spacial score (nSPS) is 11.5. The van der Waals surface area contributed by atoms with Crippen molar-refractivity contribution in [1.82, 2.24) is 9.62 Å². The van der Waals surface area contributed by atoms with Crippen LogP contribution in [-0.2, 0) is 10.0 Å². The minimum Gasteiger partial charge on any atom is -0.352 e. The van der Waals surface area contributed by atoms with E-state index in [-0.39, 0.29) is 10.8 Å². The molecule has 0 saturated carbocycles. The van der Waals surface area contributed by atoms with Gasteiger partial charge in [0.15, 0.2) is 0 Å². The van der Waals surface area contributed by atoms with Crippen molar-refractivity contribution in [2.45, 2.75) is 32.6 Å². The van der Waals surface area contributed by atoms with Crippen LogP contribution in [0.15, 0.2) is 53.4 Å². The number of hydrogen-bond acceptors (Lipinski definition) is 4. The Labute approximate surface area is 178 Å². The Balaban J connectivity index is 2.19. The Morgan fingerprint density at radius 3 is 2.10 bits per heavy atom. The minimum absolute atomic E-state index is 0.135. The van der Waals surface area contributed by atoms with Gasteiger partial charge in [-0.05, 0) is 42.3 Å². The van der Waals surface area contributed by atoms with Gasteiger partial charge in [-0.1, -0.05) is 39.8 Å². The zero-order valence-electron chi connectivity index (χ0n) is 17.8. The molecule has 0 radical (unpaired) electrons. The number of anilines is 1. The molecule has 2 rings (SSSR count). The number of hydrogen-bond donors (Lipinski definition) is 2. The molecule has 0 aliphatic heterocycles. The smallest absolute Gasteiger partial charge is 0.255 e. The van der Waals surface area contributed by atoms with Crippen LogP contribution in [0, 0.1) is 5.92 Å². The number of amides is 2. The Hall–Kier alpha value is -2.71. The summed E-state index contributed by atoms with van der Waals surface area (Å²) in [4.78, 5) is 25.2. The fourth-order valence-corrected chi connectivity index (χ4v) is 4.33. The lowest BCUT2D eigenvalue weighted by atomic mass is 10.1. The highest BCUT2D eigenvalue weighted by Gasteiger charge is 2.22. The molecule has 0 unspecified atom stereocenters. The summed E-state index contributed by atoms with van der Waals surface area (Å²) in [7, 11) is -3.59. The van der Waals surface area contributed by atoms with Gasteiger partial charge >= 0.3 is 0 Å². The third-order valence-electron chi connectivity index (χ3n) is 4.55. The van der Waals surface area contributed by atoms with Crippen LogP contribution in [0.1, 0.15) is 48.4 Å². The number of nitrogens with zero attached hydrogens (tertiary/aromatic N) is 1. The summed E-state index contributed by atoms with van der Waals surface area (Å²) in [5.74, 6) is -0.381. The molecule has 0 aromatic heterocycles. The number of benzene rings is 2. The topological polar surface area (TPSA) is 95.6 Å². The van der Waals surface area contributed by atoms with Crippen molar-refractivity contribution in [2.24, 2.45) is 5.92 Å². The SMILES string of the molecule is CCN(CC)S(=O)(=O)c1ccc(C(=O)Nc2ccccc2C(=O)NCC(C)C)cc1. The maximum absolute atomic E-state index is 12.7. The summed E-state index contributed by atoms with van der Waals surface area (Å²) < 4.78 is 26.5. The van der Waals surface area contributed by atoms with E-state index in [4.69, 9.17) is 0 Å². The van der Waals surface area contributed by atoms with Gasteiger partial charge in [0, 0.05) is 25.2 Å². The van der Waals surface area contributed by atoms with Crippen LogP contribution in [0.2, 0.25) is 0 Å². The lowest BCUT2D eigenvalue weighted by Gasteiger charge is -2.18. The average Bonchev–Trinajstić information content (AvgIpc) is 2.73. The number of nitrogens with one attached hydrogen (secondary N) is 2. The molecule has 0 fully saturated rings. The summed E-state index contributed by atoms with van der Waals surface area (Å²) in [5, 5.41) is 5.57. The lowest BCUT2D eigenvalue weighted by Crippen LogP contribution is -2.30. The fourth-order valence-electron chi connectivity index (χ4n) is 2.87. The predicted octanol–water partition coefficient (Wildman–Crippen LogP) is 3.36. The molecule has 0 saturated heterocycles. The highest BCUT2D eigenvalue weighted by molar-refractivity contribution is 7.89. The Morgan fingerprint density at radius 2 is 1.53 bits per heavy atom. The molecule has 162 valence electrons. The van der Waals surface area contributed by atoms with Crippen LogP contribution in [0.25, 0.3) is 0 Å². The predicted molar refractivity (Wildman–Crippen MR) is 118 cm³/mol. The number of rotatable bonds is 9. The lowest BCUT2D eigenvalue weighted by molar-refractivity contribution is 0.0950. The van der Waals surface area contributed by atoms with Crippen molar-refractivity contribution < 1.29 is 18.0 Å². The molecule has 0 spiro atoms. The van der Waals surface area contributed by atoms with E-state index in [1.165, 1.54) is 28.6 Å². The fraction of sp³-hybridized carbons (Fsp3) is 0.364. The van der Waals surface area contributed by atoms with Gasteiger partial charge in [-0.3, -0.25) is 9.59 Å². The largest absolute Gasteiger partial charge is 0.352 e. The maximum Gasteiger partial charge on any atom is 0.255 e. The average molecular weight is 432 g/mol. The first kappa shape index (κ1) is 23.6. The second-order valence-electron chi connectivity index (χ2n) is 7.22. The van der Waals surface area contributed by atoms with Gasteiger partial charge in [-0.25, -0.2) is 8.42 Å². The van der Waals surface area contributed by atoms with Gasteiger partial charge in [0.05, 0.1) is 16.1 Å². The number of sulfonamides is 1. The maximum atomic E-state index is 12.7. The molecule has 2 aromatic carbocycles. The van der Waals surface area contributed by atoms with E-state index in [0.717, 1.165) is 0 Å². The quantitative estimate of drug-likeness (QED) is 0.636. The third kappa shape index (κ3) is 5.67. The molecule has 30 heavy (non-hydrogen) atoms. The van der Waals surface area contributed by atoms with E-state index < -0.39 is 15.9 Å². The Bertz CT molecular complexity index is 982. The molecule has 0 heterocycles. The molecular formula is C22H29N3O4S. The van der Waals surface area contributed by atoms with Crippen molar-refractivity contribution in [3.05, 3.63) is 59.7 Å². The first-order valence-electron chi connectivity index (χ1n) is 9.99. The van der Waals surface area contributed by atoms with Gasteiger partial charge in [-0.15, -0.1) is 0 Å². The van der Waals surface area contributed by atoms with Gasteiger partial charge in [0.2, 0.25) is 10.0 Å². The standard InChI is InChI=1S/C22H29N3O4S/c1-5-25(6-2)30(28,29)18-13-11-17(12-14-18)21(26)24-20-10-8-7-9-19(20)22(27)23-15-16(3)4/h7-14,16H,5-6,15H2,1-4H3,(H,23,27)(H,24,26). The molecule has 2 N–H and O–H groups in total. The minimum atomic E-state index is -3.59. The zero-order chi connectivity index (χ0) is 22.3. The monoisotopic (exact) mass is 431 g/mol. The van der Waals surface area contributed by atoms with Crippen LogP contribution in [0.5, 0.6) is 0 Å². The van der Waals surface area contributed by atoms with E-state index in [9.17, 15) is 18.0 Å². The van der Waals surface area contributed by atoms with Crippen LogP contribution in [0.3, 0.4) is 0 Å². The van der Waals surface area contributed by atoms with E-state index in [0.29, 0.717) is 42.4 Å². The number of carbonyl (C=O) groups excluding carboxylic acids is 2. The molecule has 7 nitrogen and oxygen atoms in total. The highest BCUT2D eigenvalue weighted by Crippen LogP contribution is 2.19. The van der Waals surface area contributed by atoms with Gasteiger partial charge in [0.25, 0.3) is 11.8 Å². The van der Waals surface area contributed by atoms with E-state index in [1.807, 2.05) is 13.8 Å². The molecule has 8 heteroatoms. The van der Waals surface area contributed by atoms with Crippen LogP contribution >= 0.6 is 0 Å². The van der Waals surface area contributed by atoms with Crippen molar-refractivity contribution >= 4 is 27.5 Å². The Morgan fingerprint density at radius 1 is 0.933 bits per heavy atom. The Kier molecular flexibility index (Phi) is 8.14. The molecule has 2 aromatic rings. The molecule has 0 aliphatic rings. The second kappa shape index (κ2) is 10.4. The van der Waals surface area contributed by atoms with E-state index >= 15 is 0 Å². The van der Waals surface area contributed by atoms with Crippen molar-refractivity contribution in [3.63, 3.8) is 0 Å². The second-order valence-corrected chi connectivity index (χ2v) is 9.16. The number of carbonyl (C=O) groups is 2. The first-order valence-corrected chi connectivity index (χ1v) is 11.4. The highest BCUT2D eigenvalue weighted by atomic mass is 32.2. The molecular weight excluding hydrogens is 402 g/mol. The first-order chi connectivity index (χ1) is 14.2. The summed E-state index contributed by atoms with van der Waals surface area (Å²) in [5.41, 5.74) is 1.06. The van der Waals surface area contributed by atoms with Crippen LogP contribution < -0.4 is 10.6 Å². The summed E-state index contributed by atoms with van der Waals surface area (Å²) in [6.45, 7) is 8.82. The van der Waals surface area contributed by atoms with E-state index in [1.54, 1.807) is 38.1 Å². The van der Waals surface area contributed by atoms with E-state index in [2.05, 4.69) is 10.6 Å².